The number of carboxylic acid groups (broad SMARTS) is 1. The smallest absolute Gasteiger partial charge is 0.410 e. The van der Waals surface area contributed by atoms with Gasteiger partial charge in [-0.1, -0.05) is 37.3 Å². The Labute approximate surface area is 171 Å². The molecule has 1 saturated heterocycles. The van der Waals surface area contributed by atoms with E-state index in [0.29, 0.717) is 13.0 Å². The highest BCUT2D eigenvalue weighted by Gasteiger charge is 2.44. The predicted molar refractivity (Wildman–Crippen MR) is 106 cm³/mol. The Kier molecular flexibility index (Phi) is 7.11. The lowest BCUT2D eigenvalue weighted by atomic mass is 9.81. The molecule has 1 aromatic rings. The van der Waals surface area contributed by atoms with Crippen LogP contribution in [-0.4, -0.2) is 52.4 Å². The van der Waals surface area contributed by atoms with Gasteiger partial charge in [-0.15, -0.1) is 0 Å². The third kappa shape index (κ3) is 7.29. The maximum absolute atomic E-state index is 12.5. The SMILES string of the molecule is CC1CN(C(=O)OC(C)(C)C)CC(CC(=O)O)(NC(=O)OCc2ccccc2)C1. The number of amides is 2. The van der Waals surface area contributed by atoms with E-state index < -0.39 is 29.3 Å². The van der Waals surface area contributed by atoms with Gasteiger partial charge in [0, 0.05) is 13.1 Å². The van der Waals surface area contributed by atoms with E-state index in [1.165, 1.54) is 4.90 Å². The van der Waals surface area contributed by atoms with Gasteiger partial charge in [-0.3, -0.25) is 4.79 Å². The largest absolute Gasteiger partial charge is 0.481 e. The van der Waals surface area contributed by atoms with Gasteiger partial charge in [0.05, 0.1) is 12.0 Å². The molecule has 8 heteroatoms. The summed E-state index contributed by atoms with van der Waals surface area (Å²) in [5.74, 6) is -1.09. The van der Waals surface area contributed by atoms with Crippen molar-refractivity contribution in [3.8, 4) is 0 Å². The highest BCUT2D eigenvalue weighted by atomic mass is 16.6. The first-order chi connectivity index (χ1) is 13.5. The second-order valence-electron chi connectivity index (χ2n) is 8.71. The number of piperidine rings is 1. The molecule has 160 valence electrons. The second-order valence-corrected chi connectivity index (χ2v) is 8.71. The lowest BCUT2D eigenvalue weighted by Gasteiger charge is -2.45. The van der Waals surface area contributed by atoms with Gasteiger partial charge < -0.3 is 24.8 Å². The van der Waals surface area contributed by atoms with Crippen molar-refractivity contribution in [3.63, 3.8) is 0 Å². The first kappa shape index (κ1) is 22.5. The summed E-state index contributed by atoms with van der Waals surface area (Å²) in [6, 6.07) is 9.19. The number of carbonyl (C=O) groups excluding carboxylic acids is 2. The molecule has 1 aromatic carbocycles. The normalized spacial score (nSPS) is 21.9. The van der Waals surface area contributed by atoms with Crippen molar-refractivity contribution in [1.29, 1.82) is 0 Å². The molecule has 0 aromatic heterocycles. The molecule has 2 rings (SSSR count). The van der Waals surface area contributed by atoms with Crippen molar-refractivity contribution in [2.75, 3.05) is 13.1 Å². The molecular weight excluding hydrogens is 376 g/mol. The molecule has 0 bridgehead atoms. The van der Waals surface area contributed by atoms with Gasteiger partial charge in [0.25, 0.3) is 0 Å². The van der Waals surface area contributed by atoms with Crippen LogP contribution < -0.4 is 5.32 Å². The van der Waals surface area contributed by atoms with Gasteiger partial charge in [0.15, 0.2) is 0 Å². The van der Waals surface area contributed by atoms with Gasteiger partial charge in [-0.2, -0.15) is 0 Å². The second kappa shape index (κ2) is 9.15. The van der Waals surface area contributed by atoms with Crippen LogP contribution in [0.5, 0.6) is 0 Å². The molecule has 1 heterocycles. The number of carboxylic acids is 1. The molecule has 8 nitrogen and oxygen atoms in total. The zero-order chi connectivity index (χ0) is 21.7. The summed E-state index contributed by atoms with van der Waals surface area (Å²) in [5, 5.41) is 12.1. The van der Waals surface area contributed by atoms with Crippen LogP contribution in [0.3, 0.4) is 0 Å². The van der Waals surface area contributed by atoms with E-state index >= 15 is 0 Å². The molecule has 29 heavy (non-hydrogen) atoms. The summed E-state index contributed by atoms with van der Waals surface area (Å²) in [5.41, 5.74) is -0.981. The number of hydrogen-bond acceptors (Lipinski definition) is 5. The zero-order valence-electron chi connectivity index (χ0n) is 17.4. The van der Waals surface area contributed by atoms with E-state index in [1.807, 2.05) is 37.3 Å². The van der Waals surface area contributed by atoms with E-state index in [9.17, 15) is 19.5 Å². The fraction of sp³-hybridized carbons (Fsp3) is 0.571. The standard InChI is InChI=1S/C21H30N2O6/c1-15-10-21(11-17(24)25,14-23(12-15)19(27)29-20(2,3)4)22-18(26)28-13-16-8-6-5-7-9-16/h5-9,15H,10-14H2,1-4H3,(H,22,26)(H,24,25). The van der Waals surface area contributed by atoms with Gasteiger partial charge in [-0.25, -0.2) is 9.59 Å². The summed E-state index contributed by atoms with van der Waals surface area (Å²) < 4.78 is 10.7. The Morgan fingerprint density at radius 3 is 2.48 bits per heavy atom. The molecule has 0 spiro atoms. The molecule has 1 aliphatic heterocycles. The van der Waals surface area contributed by atoms with Gasteiger partial charge in [-0.05, 0) is 38.7 Å². The predicted octanol–water partition coefficient (Wildman–Crippen LogP) is 3.40. The summed E-state index contributed by atoms with van der Waals surface area (Å²) in [4.78, 5) is 37.9. The van der Waals surface area contributed by atoms with E-state index in [4.69, 9.17) is 9.47 Å². The highest BCUT2D eigenvalue weighted by molar-refractivity contribution is 5.74. The number of rotatable bonds is 5. The number of alkyl carbamates (subject to hydrolysis) is 1. The fourth-order valence-corrected chi connectivity index (χ4v) is 3.60. The molecule has 2 amide bonds. The number of hydrogen-bond donors (Lipinski definition) is 2. The topological polar surface area (TPSA) is 105 Å². The number of benzene rings is 1. The number of carbonyl (C=O) groups is 3. The number of likely N-dealkylation sites (tertiary alicyclic amines) is 1. The van der Waals surface area contributed by atoms with Crippen molar-refractivity contribution in [1.82, 2.24) is 10.2 Å². The molecule has 0 aliphatic carbocycles. The van der Waals surface area contributed by atoms with E-state index in [1.54, 1.807) is 20.8 Å². The van der Waals surface area contributed by atoms with Crippen molar-refractivity contribution in [3.05, 3.63) is 35.9 Å². The van der Waals surface area contributed by atoms with Gasteiger partial charge in [0.2, 0.25) is 0 Å². The Balaban J connectivity index is 2.11. The minimum absolute atomic E-state index is 0.0231. The minimum atomic E-state index is -1.13. The lowest BCUT2D eigenvalue weighted by molar-refractivity contribution is -0.139. The Hall–Kier alpha value is -2.77. The van der Waals surface area contributed by atoms with Crippen LogP contribution in [0.15, 0.2) is 30.3 Å². The van der Waals surface area contributed by atoms with Crippen molar-refractivity contribution < 1.29 is 29.0 Å². The summed E-state index contributed by atoms with van der Waals surface area (Å²) in [6.45, 7) is 7.74. The summed E-state index contributed by atoms with van der Waals surface area (Å²) in [6.07, 6.45) is -1.15. The maximum atomic E-state index is 12.5. The third-order valence-electron chi connectivity index (χ3n) is 4.49. The zero-order valence-corrected chi connectivity index (χ0v) is 17.4. The Morgan fingerprint density at radius 1 is 1.24 bits per heavy atom. The van der Waals surface area contributed by atoms with Crippen LogP contribution in [0, 0.1) is 5.92 Å². The Bertz CT molecular complexity index is 730. The summed E-state index contributed by atoms with van der Waals surface area (Å²) in [7, 11) is 0. The summed E-state index contributed by atoms with van der Waals surface area (Å²) >= 11 is 0. The van der Waals surface area contributed by atoms with Gasteiger partial charge in [0.1, 0.15) is 12.2 Å². The van der Waals surface area contributed by atoms with E-state index in [-0.39, 0.29) is 25.5 Å². The average Bonchev–Trinajstić information content (AvgIpc) is 2.58. The van der Waals surface area contributed by atoms with Crippen LogP contribution in [0.25, 0.3) is 0 Å². The molecule has 0 radical (unpaired) electrons. The fourth-order valence-electron chi connectivity index (χ4n) is 3.60. The molecule has 2 atom stereocenters. The third-order valence-corrected chi connectivity index (χ3v) is 4.49. The van der Waals surface area contributed by atoms with Crippen molar-refractivity contribution in [2.45, 2.75) is 58.3 Å². The molecule has 2 N–H and O–H groups in total. The molecule has 1 aliphatic rings. The van der Waals surface area contributed by atoms with E-state index in [2.05, 4.69) is 5.32 Å². The molecule has 1 fully saturated rings. The molecule has 0 saturated carbocycles. The van der Waals surface area contributed by atoms with Crippen LogP contribution >= 0.6 is 0 Å². The number of aliphatic carboxylic acids is 1. The molecular formula is C21H30N2O6. The lowest BCUT2D eigenvalue weighted by Crippen LogP contribution is -2.62. The monoisotopic (exact) mass is 406 g/mol. The van der Waals surface area contributed by atoms with Gasteiger partial charge >= 0.3 is 18.2 Å². The van der Waals surface area contributed by atoms with Crippen LogP contribution in [0.4, 0.5) is 9.59 Å². The van der Waals surface area contributed by atoms with Crippen LogP contribution in [0.2, 0.25) is 0 Å². The maximum Gasteiger partial charge on any atom is 0.410 e. The van der Waals surface area contributed by atoms with Crippen LogP contribution in [-0.2, 0) is 20.9 Å². The first-order valence-electron chi connectivity index (χ1n) is 9.67. The van der Waals surface area contributed by atoms with Crippen molar-refractivity contribution in [2.24, 2.45) is 5.92 Å². The number of nitrogens with one attached hydrogen (secondary N) is 1. The van der Waals surface area contributed by atoms with E-state index in [0.717, 1.165) is 5.56 Å². The first-order valence-corrected chi connectivity index (χ1v) is 9.67. The molecule has 2 unspecified atom stereocenters. The van der Waals surface area contributed by atoms with Crippen LogP contribution in [0.1, 0.15) is 46.1 Å². The number of ether oxygens (including phenoxy) is 2. The van der Waals surface area contributed by atoms with Crippen molar-refractivity contribution >= 4 is 18.2 Å². The average molecular weight is 406 g/mol. The highest BCUT2D eigenvalue weighted by Crippen LogP contribution is 2.30. The number of nitrogens with zero attached hydrogens (tertiary/aromatic N) is 1. The minimum Gasteiger partial charge on any atom is -0.481 e. The quantitative estimate of drug-likeness (QED) is 0.776. The Morgan fingerprint density at radius 2 is 1.90 bits per heavy atom.